The first kappa shape index (κ1) is 20.6. The Kier molecular flexibility index (Phi) is 8.45. The Balaban J connectivity index is 1.85. The number of rotatable bonds is 11. The highest BCUT2D eigenvalue weighted by molar-refractivity contribution is 5.93. The minimum atomic E-state index is -0.245. The van der Waals surface area contributed by atoms with Gasteiger partial charge in [-0.05, 0) is 49.5 Å². The van der Waals surface area contributed by atoms with Crippen LogP contribution < -0.4 is 19.5 Å². The average molecular weight is 372 g/mol. The Hall–Kier alpha value is -2.73. The van der Waals surface area contributed by atoms with Crippen molar-refractivity contribution >= 4 is 11.6 Å². The highest BCUT2D eigenvalue weighted by Gasteiger charge is 2.09. The molecule has 0 radical (unpaired) electrons. The van der Waals surface area contributed by atoms with Crippen LogP contribution in [0.3, 0.4) is 0 Å². The van der Waals surface area contributed by atoms with Crippen molar-refractivity contribution < 1.29 is 19.0 Å². The number of anilines is 1. The highest BCUT2D eigenvalue weighted by Crippen LogP contribution is 2.24. The molecule has 0 spiro atoms. The molecule has 0 atom stereocenters. The van der Waals surface area contributed by atoms with Crippen molar-refractivity contribution in [1.82, 2.24) is 4.90 Å². The zero-order chi connectivity index (χ0) is 19.5. The second-order valence-corrected chi connectivity index (χ2v) is 5.88. The van der Waals surface area contributed by atoms with E-state index in [0.29, 0.717) is 23.8 Å². The van der Waals surface area contributed by atoms with E-state index in [9.17, 15) is 4.79 Å². The molecule has 0 saturated carbocycles. The van der Waals surface area contributed by atoms with Gasteiger partial charge in [-0.2, -0.15) is 0 Å². The molecular formula is C21H28N2O4. The molecule has 0 bridgehead atoms. The zero-order valence-corrected chi connectivity index (χ0v) is 16.2. The van der Waals surface area contributed by atoms with Crippen LogP contribution in [-0.4, -0.2) is 50.8 Å². The first-order valence-electron chi connectivity index (χ1n) is 9.17. The summed E-state index contributed by atoms with van der Waals surface area (Å²) in [5.74, 6) is 1.75. The van der Waals surface area contributed by atoms with Gasteiger partial charge in [0.2, 0.25) is 0 Å². The molecule has 2 rings (SSSR count). The van der Waals surface area contributed by atoms with Crippen LogP contribution in [0.1, 0.15) is 13.8 Å². The van der Waals surface area contributed by atoms with E-state index in [2.05, 4.69) is 24.1 Å². The summed E-state index contributed by atoms with van der Waals surface area (Å²) < 4.78 is 16.5. The summed E-state index contributed by atoms with van der Waals surface area (Å²) in [5, 5.41) is 2.84. The Bertz CT molecular complexity index is 700. The lowest BCUT2D eigenvalue weighted by Crippen LogP contribution is -2.28. The number of benzene rings is 2. The lowest BCUT2D eigenvalue weighted by Gasteiger charge is -2.19. The molecule has 0 aliphatic carbocycles. The van der Waals surface area contributed by atoms with E-state index in [1.807, 2.05) is 24.3 Å². The van der Waals surface area contributed by atoms with Gasteiger partial charge in [0, 0.05) is 6.54 Å². The second kappa shape index (κ2) is 11.1. The van der Waals surface area contributed by atoms with Crippen LogP contribution in [-0.2, 0) is 4.79 Å². The maximum Gasteiger partial charge on any atom is 0.262 e. The normalized spacial score (nSPS) is 10.5. The molecule has 2 aromatic rings. The molecule has 6 heteroatoms. The van der Waals surface area contributed by atoms with Crippen LogP contribution in [0.15, 0.2) is 48.5 Å². The van der Waals surface area contributed by atoms with Gasteiger partial charge in [-0.1, -0.05) is 26.0 Å². The SMILES string of the molecule is CCN(CC)CCOc1ccccc1NC(=O)COc1ccc(OC)cc1. The number of nitrogens with one attached hydrogen (secondary N) is 1. The molecule has 0 aromatic heterocycles. The predicted octanol–water partition coefficient (Wildman–Crippen LogP) is 3.43. The fourth-order valence-electron chi connectivity index (χ4n) is 2.53. The fraction of sp³-hybridized carbons (Fsp3) is 0.381. The van der Waals surface area contributed by atoms with Gasteiger partial charge >= 0.3 is 0 Å². The lowest BCUT2D eigenvalue weighted by molar-refractivity contribution is -0.118. The van der Waals surface area contributed by atoms with Gasteiger partial charge in [0.15, 0.2) is 6.61 Å². The average Bonchev–Trinajstić information content (AvgIpc) is 2.71. The van der Waals surface area contributed by atoms with Crippen molar-refractivity contribution in [1.29, 1.82) is 0 Å². The maximum absolute atomic E-state index is 12.2. The molecule has 146 valence electrons. The summed E-state index contributed by atoms with van der Waals surface area (Å²) in [6, 6.07) is 14.5. The van der Waals surface area contributed by atoms with E-state index in [1.165, 1.54) is 0 Å². The van der Waals surface area contributed by atoms with Crippen molar-refractivity contribution in [3.63, 3.8) is 0 Å². The molecule has 2 aromatic carbocycles. The topological polar surface area (TPSA) is 60.0 Å². The van der Waals surface area contributed by atoms with Crippen LogP contribution in [0.4, 0.5) is 5.69 Å². The summed E-state index contributed by atoms with van der Waals surface area (Å²) in [6.45, 7) is 7.55. The van der Waals surface area contributed by atoms with E-state index in [1.54, 1.807) is 31.4 Å². The second-order valence-electron chi connectivity index (χ2n) is 5.88. The number of likely N-dealkylation sites (N-methyl/N-ethyl adjacent to an activating group) is 1. The van der Waals surface area contributed by atoms with Crippen molar-refractivity contribution in [2.24, 2.45) is 0 Å². The third kappa shape index (κ3) is 6.83. The summed E-state index contributed by atoms with van der Waals surface area (Å²) >= 11 is 0. The predicted molar refractivity (Wildman–Crippen MR) is 107 cm³/mol. The van der Waals surface area contributed by atoms with Gasteiger partial charge in [0.25, 0.3) is 5.91 Å². The quantitative estimate of drug-likeness (QED) is 0.655. The minimum absolute atomic E-state index is 0.0832. The van der Waals surface area contributed by atoms with Crippen LogP contribution in [0.5, 0.6) is 17.2 Å². The maximum atomic E-state index is 12.2. The molecule has 0 aliphatic rings. The monoisotopic (exact) mass is 372 g/mol. The molecule has 0 saturated heterocycles. The molecule has 0 heterocycles. The molecule has 0 fully saturated rings. The summed E-state index contributed by atoms with van der Waals surface area (Å²) in [6.07, 6.45) is 0. The van der Waals surface area contributed by atoms with Gasteiger partial charge in [0.1, 0.15) is 23.9 Å². The molecule has 1 N–H and O–H groups in total. The Morgan fingerprint density at radius 1 is 0.963 bits per heavy atom. The van der Waals surface area contributed by atoms with Crippen LogP contribution in [0.25, 0.3) is 0 Å². The first-order chi connectivity index (χ1) is 13.2. The number of hydrogen-bond donors (Lipinski definition) is 1. The number of ether oxygens (including phenoxy) is 3. The van der Waals surface area contributed by atoms with E-state index in [0.717, 1.165) is 25.4 Å². The summed E-state index contributed by atoms with van der Waals surface area (Å²) in [7, 11) is 1.60. The van der Waals surface area contributed by atoms with Crippen molar-refractivity contribution in [2.75, 3.05) is 45.3 Å². The third-order valence-corrected chi connectivity index (χ3v) is 4.15. The van der Waals surface area contributed by atoms with Crippen molar-refractivity contribution in [3.05, 3.63) is 48.5 Å². The lowest BCUT2D eigenvalue weighted by atomic mass is 10.3. The van der Waals surface area contributed by atoms with E-state index in [4.69, 9.17) is 14.2 Å². The van der Waals surface area contributed by atoms with Gasteiger partial charge in [0.05, 0.1) is 12.8 Å². The molecule has 0 aliphatic heterocycles. The molecule has 1 amide bonds. The Morgan fingerprint density at radius 3 is 2.30 bits per heavy atom. The highest BCUT2D eigenvalue weighted by atomic mass is 16.5. The van der Waals surface area contributed by atoms with E-state index in [-0.39, 0.29) is 12.5 Å². The van der Waals surface area contributed by atoms with Crippen molar-refractivity contribution in [3.8, 4) is 17.2 Å². The molecule has 0 unspecified atom stereocenters. The smallest absolute Gasteiger partial charge is 0.262 e. The van der Waals surface area contributed by atoms with Crippen LogP contribution in [0.2, 0.25) is 0 Å². The summed E-state index contributed by atoms with van der Waals surface area (Å²) in [5.41, 5.74) is 0.639. The number of amides is 1. The number of para-hydroxylation sites is 2. The molecular weight excluding hydrogens is 344 g/mol. The summed E-state index contributed by atoms with van der Waals surface area (Å²) in [4.78, 5) is 14.5. The third-order valence-electron chi connectivity index (χ3n) is 4.15. The molecule has 6 nitrogen and oxygen atoms in total. The fourth-order valence-corrected chi connectivity index (χ4v) is 2.53. The first-order valence-corrected chi connectivity index (χ1v) is 9.17. The van der Waals surface area contributed by atoms with Crippen LogP contribution in [0, 0.1) is 0 Å². The van der Waals surface area contributed by atoms with Gasteiger partial charge in [-0.25, -0.2) is 0 Å². The zero-order valence-electron chi connectivity index (χ0n) is 16.2. The van der Waals surface area contributed by atoms with Crippen molar-refractivity contribution in [2.45, 2.75) is 13.8 Å². The Morgan fingerprint density at radius 2 is 1.63 bits per heavy atom. The largest absolute Gasteiger partial charge is 0.497 e. The Labute approximate surface area is 161 Å². The number of hydrogen-bond acceptors (Lipinski definition) is 5. The van der Waals surface area contributed by atoms with E-state index < -0.39 is 0 Å². The number of carbonyl (C=O) groups excluding carboxylic acids is 1. The van der Waals surface area contributed by atoms with Gasteiger partial charge < -0.3 is 24.4 Å². The van der Waals surface area contributed by atoms with Gasteiger partial charge in [-0.15, -0.1) is 0 Å². The molecule has 27 heavy (non-hydrogen) atoms. The number of nitrogens with zero attached hydrogens (tertiary/aromatic N) is 1. The number of carbonyl (C=O) groups is 1. The minimum Gasteiger partial charge on any atom is -0.497 e. The van der Waals surface area contributed by atoms with Crippen LogP contribution >= 0.6 is 0 Å². The standard InChI is InChI=1S/C21H28N2O4/c1-4-23(5-2)14-15-26-20-9-7-6-8-19(20)22-21(24)16-27-18-12-10-17(25-3)11-13-18/h6-13H,4-5,14-16H2,1-3H3,(H,22,24). The van der Waals surface area contributed by atoms with Gasteiger partial charge in [-0.3, -0.25) is 4.79 Å². The van der Waals surface area contributed by atoms with E-state index >= 15 is 0 Å². The number of methoxy groups -OCH3 is 1.